The van der Waals surface area contributed by atoms with Crippen LogP contribution in [0, 0.1) is 0 Å². The van der Waals surface area contributed by atoms with E-state index in [0.717, 1.165) is 10.2 Å². The minimum Gasteiger partial charge on any atom is -0.494 e. The van der Waals surface area contributed by atoms with Gasteiger partial charge in [-0.3, -0.25) is 25.2 Å². The van der Waals surface area contributed by atoms with Crippen LogP contribution < -0.4 is 15.6 Å². The molecule has 27 heavy (non-hydrogen) atoms. The van der Waals surface area contributed by atoms with E-state index in [9.17, 15) is 14.4 Å². The molecule has 0 aliphatic carbocycles. The van der Waals surface area contributed by atoms with Gasteiger partial charge in [-0.25, -0.2) is 0 Å². The topological polar surface area (TPSA) is 93.7 Å². The fraction of sp³-hybridized carbons (Fsp3) is 0.211. The van der Waals surface area contributed by atoms with E-state index in [2.05, 4.69) is 26.8 Å². The predicted octanol–water partition coefficient (Wildman–Crippen LogP) is 2.61. The molecule has 0 spiro atoms. The summed E-state index contributed by atoms with van der Waals surface area (Å²) in [4.78, 5) is 35.0. The number of nitrogens with one attached hydrogen (secondary N) is 2. The van der Waals surface area contributed by atoms with Gasteiger partial charge in [0.15, 0.2) is 6.61 Å². The highest BCUT2D eigenvalue weighted by Gasteiger charge is 2.10. The molecule has 0 aliphatic heterocycles. The molecule has 0 saturated heterocycles. The number of amides is 2. The first-order chi connectivity index (χ1) is 13.0. The van der Waals surface area contributed by atoms with Gasteiger partial charge in [0.25, 0.3) is 11.8 Å². The first kappa shape index (κ1) is 20.4. The molecule has 0 unspecified atom stereocenters. The second-order valence-corrected chi connectivity index (χ2v) is 6.35. The fourth-order valence-electron chi connectivity index (χ4n) is 1.98. The maximum absolute atomic E-state index is 11.8. The van der Waals surface area contributed by atoms with Gasteiger partial charge in [0.05, 0.1) is 6.61 Å². The van der Waals surface area contributed by atoms with Gasteiger partial charge >= 0.3 is 5.97 Å². The molecule has 8 heteroatoms. The van der Waals surface area contributed by atoms with Crippen LogP contribution in [0.15, 0.2) is 59.1 Å². The number of ether oxygens (including phenoxy) is 2. The largest absolute Gasteiger partial charge is 0.494 e. The number of carbonyl (C=O) groups is 3. The Balaban J connectivity index is 1.57. The number of carbonyl (C=O) groups excluding carboxylic acids is 3. The van der Waals surface area contributed by atoms with Crippen LogP contribution >= 0.6 is 15.9 Å². The molecule has 2 aromatic rings. The van der Waals surface area contributed by atoms with Crippen molar-refractivity contribution < 1.29 is 23.9 Å². The number of hydrogen-bond donors (Lipinski definition) is 2. The summed E-state index contributed by atoms with van der Waals surface area (Å²) in [6.45, 7) is -0.104. The molecule has 0 fully saturated rings. The van der Waals surface area contributed by atoms with E-state index < -0.39 is 24.4 Å². The maximum Gasteiger partial charge on any atom is 0.306 e. The monoisotopic (exact) mass is 434 g/mol. The van der Waals surface area contributed by atoms with Crippen LogP contribution in [0.4, 0.5) is 0 Å². The summed E-state index contributed by atoms with van der Waals surface area (Å²) in [6.07, 6.45) is 0.598. The van der Waals surface area contributed by atoms with Crippen LogP contribution in [-0.4, -0.2) is 31.0 Å². The normalized spacial score (nSPS) is 9.96. The zero-order valence-corrected chi connectivity index (χ0v) is 16.0. The lowest BCUT2D eigenvalue weighted by molar-refractivity contribution is -0.148. The minimum atomic E-state index is -0.630. The number of hydrazine groups is 1. The summed E-state index contributed by atoms with van der Waals surface area (Å²) < 4.78 is 11.1. The Bertz CT molecular complexity index is 765. The molecule has 0 atom stereocenters. The molecule has 0 heterocycles. The van der Waals surface area contributed by atoms with Crippen LogP contribution in [-0.2, 0) is 14.3 Å². The van der Waals surface area contributed by atoms with Crippen molar-refractivity contribution in [3.8, 4) is 5.75 Å². The zero-order valence-electron chi connectivity index (χ0n) is 14.4. The first-order valence-corrected chi connectivity index (χ1v) is 9.02. The average molecular weight is 435 g/mol. The van der Waals surface area contributed by atoms with Gasteiger partial charge in [-0.1, -0.05) is 34.1 Å². The number of para-hydroxylation sites is 1. The first-order valence-electron chi connectivity index (χ1n) is 8.23. The van der Waals surface area contributed by atoms with Crippen LogP contribution in [0.5, 0.6) is 5.75 Å². The van der Waals surface area contributed by atoms with Crippen molar-refractivity contribution in [2.45, 2.75) is 12.8 Å². The lowest BCUT2D eigenvalue weighted by Gasteiger charge is -2.08. The van der Waals surface area contributed by atoms with E-state index in [1.807, 2.05) is 30.3 Å². The quantitative estimate of drug-likeness (QED) is 0.378. The number of benzene rings is 2. The van der Waals surface area contributed by atoms with E-state index in [-0.39, 0.29) is 6.42 Å². The summed E-state index contributed by atoms with van der Waals surface area (Å²) in [5.74, 6) is -0.887. The maximum atomic E-state index is 11.8. The summed E-state index contributed by atoms with van der Waals surface area (Å²) in [5, 5.41) is 0. The molecule has 7 nitrogen and oxygen atoms in total. The van der Waals surface area contributed by atoms with Gasteiger partial charge < -0.3 is 9.47 Å². The number of hydrogen-bond acceptors (Lipinski definition) is 5. The third-order valence-corrected chi connectivity index (χ3v) is 3.85. The molecule has 0 radical (unpaired) electrons. The van der Waals surface area contributed by atoms with Crippen LogP contribution in [0.2, 0.25) is 0 Å². The van der Waals surface area contributed by atoms with Crippen molar-refractivity contribution in [3.05, 3.63) is 64.6 Å². The Morgan fingerprint density at radius 1 is 0.926 bits per heavy atom. The lowest BCUT2D eigenvalue weighted by atomic mass is 10.2. The van der Waals surface area contributed by atoms with Crippen molar-refractivity contribution in [3.63, 3.8) is 0 Å². The second kappa shape index (κ2) is 11.0. The highest BCUT2D eigenvalue weighted by atomic mass is 79.9. The minimum absolute atomic E-state index is 0.130. The van der Waals surface area contributed by atoms with Crippen molar-refractivity contribution in [1.82, 2.24) is 10.9 Å². The van der Waals surface area contributed by atoms with Crippen LogP contribution in [0.25, 0.3) is 0 Å². The molecule has 2 amide bonds. The van der Waals surface area contributed by atoms with Crippen molar-refractivity contribution in [2.24, 2.45) is 0 Å². The zero-order chi connectivity index (χ0) is 19.5. The Kier molecular flexibility index (Phi) is 8.31. The molecule has 142 valence electrons. The summed E-state index contributed by atoms with van der Waals surface area (Å²) in [5.41, 5.74) is 4.82. The van der Waals surface area contributed by atoms with E-state index in [4.69, 9.17) is 9.47 Å². The van der Waals surface area contributed by atoms with Crippen LogP contribution in [0.3, 0.4) is 0 Å². The molecule has 0 bridgehead atoms. The lowest BCUT2D eigenvalue weighted by Crippen LogP contribution is -2.43. The fourth-order valence-corrected chi connectivity index (χ4v) is 2.24. The molecule has 2 rings (SSSR count). The van der Waals surface area contributed by atoms with E-state index in [0.29, 0.717) is 18.6 Å². The Morgan fingerprint density at radius 2 is 1.63 bits per heavy atom. The third-order valence-electron chi connectivity index (χ3n) is 3.32. The Hall–Kier alpha value is -2.87. The molecule has 0 aliphatic rings. The summed E-state index contributed by atoms with van der Waals surface area (Å²) >= 11 is 3.27. The summed E-state index contributed by atoms with van der Waals surface area (Å²) in [7, 11) is 0. The predicted molar refractivity (Wildman–Crippen MR) is 102 cm³/mol. The SMILES string of the molecule is O=C(COC(=O)CCCOc1ccccc1)NNC(=O)c1ccc(Br)cc1. The third kappa shape index (κ3) is 7.91. The van der Waals surface area contributed by atoms with Crippen molar-refractivity contribution in [2.75, 3.05) is 13.2 Å². The van der Waals surface area contributed by atoms with Crippen LogP contribution in [0.1, 0.15) is 23.2 Å². The van der Waals surface area contributed by atoms with Gasteiger partial charge in [0.2, 0.25) is 0 Å². The van der Waals surface area contributed by atoms with Crippen molar-refractivity contribution >= 4 is 33.7 Å². The van der Waals surface area contributed by atoms with E-state index in [1.165, 1.54) is 0 Å². The van der Waals surface area contributed by atoms with E-state index >= 15 is 0 Å². The van der Waals surface area contributed by atoms with Gasteiger partial charge in [-0.05, 0) is 42.8 Å². The molecular weight excluding hydrogens is 416 g/mol. The smallest absolute Gasteiger partial charge is 0.306 e. The number of esters is 1. The van der Waals surface area contributed by atoms with Gasteiger partial charge in [0, 0.05) is 16.5 Å². The number of halogens is 1. The Morgan fingerprint density at radius 3 is 2.33 bits per heavy atom. The second-order valence-electron chi connectivity index (χ2n) is 5.43. The average Bonchev–Trinajstić information content (AvgIpc) is 2.69. The van der Waals surface area contributed by atoms with Gasteiger partial charge in [0.1, 0.15) is 5.75 Å². The standard InChI is InChI=1S/C19H19BrN2O5/c20-15-10-8-14(9-11-15)19(25)22-21-17(23)13-27-18(24)7-4-12-26-16-5-2-1-3-6-16/h1-3,5-6,8-11H,4,7,12-13H2,(H,21,23)(H,22,25). The number of rotatable bonds is 8. The molecule has 0 saturated carbocycles. The van der Waals surface area contributed by atoms with Gasteiger partial charge in [-0.15, -0.1) is 0 Å². The van der Waals surface area contributed by atoms with Gasteiger partial charge in [-0.2, -0.15) is 0 Å². The van der Waals surface area contributed by atoms with E-state index in [1.54, 1.807) is 24.3 Å². The summed E-state index contributed by atoms with van der Waals surface area (Å²) in [6, 6.07) is 15.9. The van der Waals surface area contributed by atoms with Crippen molar-refractivity contribution in [1.29, 1.82) is 0 Å². The highest BCUT2D eigenvalue weighted by molar-refractivity contribution is 9.10. The molecule has 2 N–H and O–H groups in total. The molecular formula is C19H19BrN2O5. The highest BCUT2D eigenvalue weighted by Crippen LogP contribution is 2.10. The molecule has 2 aromatic carbocycles. The Labute approximate surface area is 165 Å². The molecule has 0 aromatic heterocycles.